The lowest BCUT2D eigenvalue weighted by Crippen LogP contribution is -2.16. The minimum absolute atomic E-state index is 0.298. The Hall–Kier alpha value is -3.56. The second-order valence-corrected chi connectivity index (χ2v) is 5.99. The van der Waals surface area contributed by atoms with Crippen LogP contribution < -0.4 is 4.74 Å². The normalized spacial score (nSPS) is 11.9. The zero-order valence-electron chi connectivity index (χ0n) is 14.7. The van der Waals surface area contributed by atoms with Crippen molar-refractivity contribution in [2.45, 2.75) is 6.36 Å². The van der Waals surface area contributed by atoms with Crippen molar-refractivity contribution in [1.29, 1.82) is 0 Å². The van der Waals surface area contributed by atoms with E-state index in [4.69, 9.17) is 4.74 Å². The van der Waals surface area contributed by atoms with Gasteiger partial charge in [0.05, 0.1) is 40.6 Å². The van der Waals surface area contributed by atoms with Crippen LogP contribution >= 0.6 is 0 Å². The number of pyridine rings is 1. The molecule has 0 aliphatic rings. The number of methoxy groups -OCH3 is 1. The summed E-state index contributed by atoms with van der Waals surface area (Å²) in [6.45, 7) is 0. The molecule has 3 heterocycles. The van der Waals surface area contributed by atoms with E-state index >= 15 is 0 Å². The molecule has 1 aromatic carbocycles. The molecule has 0 saturated carbocycles. The molecule has 10 heteroatoms. The van der Waals surface area contributed by atoms with Crippen LogP contribution in [0.4, 0.5) is 13.2 Å². The molecule has 0 spiro atoms. The Morgan fingerprint density at radius 1 is 1.18 bits per heavy atom. The molecular formula is C18H13F3N4O3. The number of fused-ring (bicyclic) bond motifs is 2. The van der Waals surface area contributed by atoms with E-state index in [0.717, 1.165) is 0 Å². The molecule has 1 N–H and O–H groups in total. The lowest BCUT2D eigenvalue weighted by atomic mass is 10.1. The Morgan fingerprint density at radius 2 is 1.96 bits per heavy atom. The summed E-state index contributed by atoms with van der Waals surface area (Å²) >= 11 is 0. The second kappa shape index (κ2) is 6.25. The number of alkyl halides is 3. The average molecular weight is 390 g/mol. The maximum atomic E-state index is 12.6. The van der Waals surface area contributed by atoms with Crippen LogP contribution in [0, 0.1) is 0 Å². The first kappa shape index (κ1) is 17.8. The van der Waals surface area contributed by atoms with Crippen LogP contribution in [0.3, 0.4) is 0 Å². The predicted octanol–water partition coefficient (Wildman–Crippen LogP) is 3.80. The highest BCUT2D eigenvalue weighted by Gasteiger charge is 2.31. The van der Waals surface area contributed by atoms with E-state index in [1.165, 1.54) is 42.3 Å². The number of hydrogen-bond acceptors (Lipinski definition) is 5. The number of hydrogen-bond donors (Lipinski definition) is 1. The van der Waals surface area contributed by atoms with Gasteiger partial charge in [-0.2, -0.15) is 5.10 Å². The zero-order valence-corrected chi connectivity index (χ0v) is 14.7. The van der Waals surface area contributed by atoms with Crippen LogP contribution in [-0.4, -0.2) is 39.2 Å². The molecule has 0 fully saturated rings. The summed E-state index contributed by atoms with van der Waals surface area (Å²) in [6.07, 6.45) is -3.32. The number of carbonyl (C=O) groups excluding carboxylic acids is 1. The summed E-state index contributed by atoms with van der Waals surface area (Å²) in [5.41, 5.74) is 2.82. The van der Waals surface area contributed by atoms with Gasteiger partial charge in [0.25, 0.3) is 0 Å². The molecular weight excluding hydrogens is 377 g/mol. The van der Waals surface area contributed by atoms with Crippen LogP contribution in [0.25, 0.3) is 33.3 Å². The molecule has 3 aromatic heterocycles. The summed E-state index contributed by atoms with van der Waals surface area (Å²) in [5.74, 6) is -0.879. The first-order valence-electron chi connectivity index (χ1n) is 8.06. The van der Waals surface area contributed by atoms with Crippen molar-refractivity contribution in [3.8, 4) is 17.1 Å². The van der Waals surface area contributed by atoms with Gasteiger partial charge in [-0.1, -0.05) is 0 Å². The summed E-state index contributed by atoms with van der Waals surface area (Å²) in [4.78, 5) is 19.3. The summed E-state index contributed by atoms with van der Waals surface area (Å²) in [6, 6.07) is 7.13. The van der Waals surface area contributed by atoms with Crippen molar-refractivity contribution >= 4 is 27.9 Å². The van der Waals surface area contributed by atoms with E-state index in [-0.39, 0.29) is 5.75 Å². The predicted molar refractivity (Wildman–Crippen MR) is 93.8 cm³/mol. The van der Waals surface area contributed by atoms with Gasteiger partial charge >= 0.3 is 12.3 Å². The van der Waals surface area contributed by atoms with Gasteiger partial charge in [0.1, 0.15) is 5.75 Å². The van der Waals surface area contributed by atoms with E-state index in [1.54, 1.807) is 13.1 Å². The van der Waals surface area contributed by atoms with Crippen LogP contribution in [0.5, 0.6) is 5.75 Å². The topological polar surface area (TPSA) is 82.0 Å². The molecule has 28 heavy (non-hydrogen) atoms. The fraction of sp³-hybridized carbons (Fsp3) is 0.167. The first-order chi connectivity index (χ1) is 13.3. The maximum Gasteiger partial charge on any atom is 0.573 e. The Labute approximate surface area is 155 Å². The molecule has 0 saturated heterocycles. The lowest BCUT2D eigenvalue weighted by molar-refractivity contribution is -0.274. The standard InChI is InChI=1S/C18H13F3N4O3/c1-25-16(11-7-9(28-18(19,20)21)3-4-12(11)24-25)14-8-13-15(23-14)10(5-6-22-13)17(26)27-2/h3-8,23H,1-2H3. The number of nitrogens with one attached hydrogen (secondary N) is 1. The number of aromatic amines is 1. The van der Waals surface area contributed by atoms with E-state index in [2.05, 4.69) is 19.8 Å². The van der Waals surface area contributed by atoms with Crippen molar-refractivity contribution < 1.29 is 27.4 Å². The number of aromatic nitrogens is 4. The molecule has 4 aromatic rings. The van der Waals surface area contributed by atoms with E-state index < -0.39 is 12.3 Å². The Bertz CT molecular complexity index is 1210. The summed E-state index contributed by atoms with van der Waals surface area (Å²) in [7, 11) is 2.94. The number of benzene rings is 1. The number of halogens is 3. The van der Waals surface area contributed by atoms with Gasteiger partial charge in [0.2, 0.25) is 0 Å². The molecule has 0 radical (unpaired) electrons. The third-order valence-electron chi connectivity index (χ3n) is 4.22. The van der Waals surface area contributed by atoms with E-state index in [9.17, 15) is 18.0 Å². The van der Waals surface area contributed by atoms with Crippen molar-refractivity contribution in [2.24, 2.45) is 7.05 Å². The van der Waals surface area contributed by atoms with Crippen LogP contribution in [0.15, 0.2) is 36.5 Å². The number of ether oxygens (including phenoxy) is 2. The average Bonchev–Trinajstić information content (AvgIpc) is 3.18. The van der Waals surface area contributed by atoms with E-state index in [1.807, 2.05) is 0 Å². The highest BCUT2D eigenvalue weighted by molar-refractivity contribution is 6.04. The smallest absolute Gasteiger partial charge is 0.465 e. The van der Waals surface area contributed by atoms with E-state index in [0.29, 0.717) is 38.9 Å². The number of carbonyl (C=O) groups is 1. The van der Waals surface area contributed by atoms with Crippen molar-refractivity contribution in [2.75, 3.05) is 7.11 Å². The summed E-state index contributed by atoms with van der Waals surface area (Å²) in [5, 5.41) is 4.77. The molecule has 0 atom stereocenters. The van der Waals surface area contributed by atoms with Gasteiger partial charge < -0.3 is 14.5 Å². The lowest BCUT2D eigenvalue weighted by Gasteiger charge is -2.08. The summed E-state index contributed by atoms with van der Waals surface area (Å²) < 4.78 is 48.0. The van der Waals surface area contributed by atoms with Gasteiger partial charge in [-0.25, -0.2) is 4.79 Å². The van der Waals surface area contributed by atoms with Crippen molar-refractivity contribution in [3.05, 3.63) is 42.1 Å². The fourth-order valence-electron chi connectivity index (χ4n) is 3.13. The molecule has 0 aliphatic carbocycles. The van der Waals surface area contributed by atoms with Gasteiger partial charge in [-0.15, -0.1) is 13.2 Å². The Kier molecular flexibility index (Phi) is 3.98. The zero-order chi connectivity index (χ0) is 20.1. The molecule has 0 unspecified atom stereocenters. The highest BCUT2D eigenvalue weighted by atomic mass is 19.4. The SMILES string of the molecule is COC(=O)c1ccnc2cc(-c3c4cc(OC(F)(F)F)ccc4nn3C)[nH]c12. The van der Waals surface area contributed by atoms with Crippen molar-refractivity contribution in [3.63, 3.8) is 0 Å². The minimum Gasteiger partial charge on any atom is -0.465 e. The number of esters is 1. The second-order valence-electron chi connectivity index (χ2n) is 5.99. The van der Waals surface area contributed by atoms with Gasteiger partial charge in [-0.3, -0.25) is 9.67 Å². The number of nitrogens with zero attached hydrogens (tertiary/aromatic N) is 3. The number of H-pyrrole nitrogens is 1. The largest absolute Gasteiger partial charge is 0.573 e. The molecule has 7 nitrogen and oxygen atoms in total. The van der Waals surface area contributed by atoms with Gasteiger partial charge in [0, 0.05) is 18.6 Å². The molecule has 0 aliphatic heterocycles. The third-order valence-corrected chi connectivity index (χ3v) is 4.22. The third kappa shape index (κ3) is 3.02. The van der Waals surface area contributed by atoms with Gasteiger partial charge in [0.15, 0.2) is 0 Å². The molecule has 144 valence electrons. The maximum absolute atomic E-state index is 12.6. The first-order valence-corrected chi connectivity index (χ1v) is 8.06. The number of rotatable bonds is 3. The van der Waals surface area contributed by atoms with Crippen LogP contribution in [0.1, 0.15) is 10.4 Å². The quantitative estimate of drug-likeness (QED) is 0.538. The highest BCUT2D eigenvalue weighted by Crippen LogP contribution is 2.34. The Morgan fingerprint density at radius 3 is 2.68 bits per heavy atom. The molecule has 0 bridgehead atoms. The monoisotopic (exact) mass is 390 g/mol. The van der Waals surface area contributed by atoms with Crippen LogP contribution in [0.2, 0.25) is 0 Å². The van der Waals surface area contributed by atoms with Crippen LogP contribution in [-0.2, 0) is 11.8 Å². The molecule has 4 rings (SSSR count). The fourth-order valence-corrected chi connectivity index (χ4v) is 3.13. The molecule has 0 amide bonds. The van der Waals surface area contributed by atoms with Crippen molar-refractivity contribution in [1.82, 2.24) is 19.7 Å². The Balaban J connectivity index is 1.90. The minimum atomic E-state index is -4.80. The van der Waals surface area contributed by atoms with Gasteiger partial charge in [-0.05, 0) is 30.3 Å². The number of aryl methyl sites for hydroxylation is 1.